The highest BCUT2D eigenvalue weighted by Crippen LogP contribution is 2.18. The van der Waals surface area contributed by atoms with Crippen LogP contribution < -0.4 is 15.4 Å². The largest absolute Gasteiger partial charge is 0.489 e. The molecule has 0 fully saturated rings. The number of rotatable bonds is 7. The average molecular weight is 403 g/mol. The van der Waals surface area contributed by atoms with E-state index in [1.165, 1.54) is 0 Å². The topological polar surface area (TPSA) is 66.0 Å². The molecule has 0 aliphatic heterocycles. The Kier molecular flexibility index (Phi) is 8.14. The Balaban J connectivity index is 1.80. The summed E-state index contributed by atoms with van der Waals surface area (Å²) in [6.45, 7) is 3.16. The Morgan fingerprint density at radius 2 is 1.89 bits per heavy atom. The van der Waals surface area contributed by atoms with E-state index < -0.39 is 0 Å². The summed E-state index contributed by atoms with van der Waals surface area (Å²) in [6.07, 6.45) is -0.0617. The summed E-state index contributed by atoms with van der Waals surface area (Å²) in [4.78, 5) is 17.7. The summed E-state index contributed by atoms with van der Waals surface area (Å²) < 4.78 is 5.84. The van der Waals surface area contributed by atoms with Crippen molar-refractivity contribution in [2.45, 2.75) is 19.6 Å². The molecule has 1 amide bonds. The van der Waals surface area contributed by atoms with E-state index in [1.807, 2.05) is 49.4 Å². The number of halogens is 1. The van der Waals surface area contributed by atoms with Gasteiger partial charge in [0.1, 0.15) is 11.9 Å². The monoisotopic (exact) mass is 402 g/mol. The van der Waals surface area contributed by atoms with Crippen molar-refractivity contribution in [3.8, 4) is 5.75 Å². The third-order valence-corrected chi connectivity index (χ3v) is 4.22. The highest BCUT2D eigenvalue weighted by Gasteiger charge is 2.08. The van der Waals surface area contributed by atoms with E-state index in [2.05, 4.69) is 15.6 Å². The van der Waals surface area contributed by atoms with Gasteiger partial charge in [-0.3, -0.25) is 9.79 Å². The third kappa shape index (κ3) is 6.78. The molecule has 2 N–H and O–H groups in total. The zero-order valence-corrected chi connectivity index (χ0v) is 17.5. The Morgan fingerprint density at radius 3 is 2.50 bits per heavy atom. The predicted octanol–water partition coefficient (Wildman–Crippen LogP) is 3.17. The van der Waals surface area contributed by atoms with E-state index in [4.69, 9.17) is 16.3 Å². The fourth-order valence-electron chi connectivity index (χ4n) is 2.48. The average Bonchev–Trinajstić information content (AvgIpc) is 2.68. The second-order valence-corrected chi connectivity index (χ2v) is 7.03. The van der Waals surface area contributed by atoms with Gasteiger partial charge in [0.25, 0.3) is 5.91 Å². The number of carbonyl (C=O) groups excluding carboxylic acids is 1. The van der Waals surface area contributed by atoms with Gasteiger partial charge in [0, 0.05) is 38.3 Å². The van der Waals surface area contributed by atoms with Crippen molar-refractivity contribution in [3.05, 3.63) is 64.7 Å². The first-order valence-corrected chi connectivity index (χ1v) is 9.44. The van der Waals surface area contributed by atoms with Gasteiger partial charge in [-0.2, -0.15) is 0 Å². The normalized spacial score (nSPS) is 12.2. The summed E-state index contributed by atoms with van der Waals surface area (Å²) in [5.41, 5.74) is 1.73. The molecule has 0 aliphatic rings. The van der Waals surface area contributed by atoms with Crippen LogP contribution in [0.1, 0.15) is 22.8 Å². The number of aliphatic imine (C=N–C) groups is 1. The molecule has 0 saturated heterocycles. The van der Waals surface area contributed by atoms with E-state index >= 15 is 0 Å². The lowest BCUT2D eigenvalue weighted by molar-refractivity contribution is 0.0827. The maximum Gasteiger partial charge on any atom is 0.253 e. The van der Waals surface area contributed by atoms with E-state index in [-0.39, 0.29) is 12.0 Å². The van der Waals surface area contributed by atoms with Crippen LogP contribution >= 0.6 is 11.6 Å². The van der Waals surface area contributed by atoms with Crippen molar-refractivity contribution >= 4 is 23.5 Å². The summed E-state index contributed by atoms with van der Waals surface area (Å²) in [7, 11) is 5.20. The number of hydrogen-bond acceptors (Lipinski definition) is 3. The van der Waals surface area contributed by atoms with Gasteiger partial charge in [-0.05, 0) is 42.8 Å². The van der Waals surface area contributed by atoms with Crippen LogP contribution in [-0.4, -0.2) is 50.6 Å². The van der Waals surface area contributed by atoms with Crippen molar-refractivity contribution in [1.82, 2.24) is 15.5 Å². The second-order valence-electron chi connectivity index (χ2n) is 6.59. The Hall–Kier alpha value is -2.73. The summed E-state index contributed by atoms with van der Waals surface area (Å²) >= 11 is 5.97. The molecule has 1 unspecified atom stereocenters. The molecular weight excluding hydrogens is 376 g/mol. The van der Waals surface area contributed by atoms with E-state index in [1.54, 1.807) is 32.1 Å². The van der Waals surface area contributed by atoms with Crippen LogP contribution in [0, 0.1) is 0 Å². The fraction of sp³-hybridized carbons (Fsp3) is 0.333. The van der Waals surface area contributed by atoms with Gasteiger partial charge < -0.3 is 20.3 Å². The lowest BCUT2D eigenvalue weighted by atomic mass is 10.1. The zero-order chi connectivity index (χ0) is 20.5. The first-order valence-electron chi connectivity index (χ1n) is 9.06. The SMILES string of the molecule is CN=C(NCc1ccc(C(=O)N(C)C)cc1)NCC(C)Oc1cccc(Cl)c1. The van der Waals surface area contributed by atoms with Gasteiger partial charge >= 0.3 is 0 Å². The summed E-state index contributed by atoms with van der Waals surface area (Å²) in [5.74, 6) is 1.40. The first kappa shape index (κ1) is 21.6. The Labute approximate surface area is 171 Å². The highest BCUT2D eigenvalue weighted by molar-refractivity contribution is 6.30. The molecule has 150 valence electrons. The molecule has 6 nitrogen and oxygen atoms in total. The van der Waals surface area contributed by atoms with E-state index in [0.29, 0.717) is 29.6 Å². The molecular formula is C21H27ClN4O2. The van der Waals surface area contributed by atoms with E-state index in [9.17, 15) is 4.79 Å². The molecule has 2 rings (SSSR count). The molecule has 0 heterocycles. The smallest absolute Gasteiger partial charge is 0.253 e. The number of guanidine groups is 1. The lowest BCUT2D eigenvalue weighted by Gasteiger charge is -2.18. The molecule has 0 radical (unpaired) electrons. The van der Waals surface area contributed by atoms with Crippen LogP contribution in [-0.2, 0) is 6.54 Å². The van der Waals surface area contributed by atoms with Crippen molar-refractivity contribution < 1.29 is 9.53 Å². The zero-order valence-electron chi connectivity index (χ0n) is 16.7. The van der Waals surface area contributed by atoms with Gasteiger partial charge in [0.05, 0.1) is 6.54 Å². The maximum atomic E-state index is 11.9. The molecule has 2 aromatic rings. The predicted molar refractivity (Wildman–Crippen MR) is 114 cm³/mol. The molecule has 1 atom stereocenters. The fourth-order valence-corrected chi connectivity index (χ4v) is 2.66. The van der Waals surface area contributed by atoms with Crippen LogP contribution in [0.4, 0.5) is 0 Å². The number of benzene rings is 2. The van der Waals surface area contributed by atoms with Crippen LogP contribution in [0.2, 0.25) is 5.02 Å². The number of hydrogen-bond donors (Lipinski definition) is 2. The van der Waals surface area contributed by atoms with E-state index in [0.717, 1.165) is 11.3 Å². The number of amides is 1. The van der Waals surface area contributed by atoms with Crippen LogP contribution in [0.15, 0.2) is 53.5 Å². The summed E-state index contributed by atoms with van der Waals surface area (Å²) in [5, 5.41) is 7.14. The number of carbonyl (C=O) groups is 1. The number of ether oxygens (including phenoxy) is 1. The number of nitrogens with zero attached hydrogens (tertiary/aromatic N) is 2. The standard InChI is InChI=1S/C21H27ClN4O2/c1-15(28-19-7-5-6-18(22)12-19)13-24-21(23-2)25-14-16-8-10-17(11-9-16)20(27)26(3)4/h5-12,15H,13-14H2,1-4H3,(H2,23,24,25). The third-order valence-electron chi connectivity index (χ3n) is 3.98. The highest BCUT2D eigenvalue weighted by atomic mass is 35.5. The quantitative estimate of drug-likeness (QED) is 0.551. The van der Waals surface area contributed by atoms with Gasteiger partial charge in [-0.25, -0.2) is 0 Å². The maximum absolute atomic E-state index is 11.9. The van der Waals surface area contributed by atoms with Crippen LogP contribution in [0.5, 0.6) is 5.75 Å². The van der Waals surface area contributed by atoms with Gasteiger partial charge in [-0.15, -0.1) is 0 Å². The Morgan fingerprint density at radius 1 is 1.18 bits per heavy atom. The molecule has 0 aromatic heterocycles. The first-order chi connectivity index (χ1) is 13.4. The van der Waals surface area contributed by atoms with Crippen LogP contribution in [0.25, 0.3) is 0 Å². The molecule has 0 spiro atoms. The minimum atomic E-state index is -0.0617. The Bertz CT molecular complexity index is 806. The molecule has 0 aliphatic carbocycles. The van der Waals surface area contributed by atoms with Crippen molar-refractivity contribution in [3.63, 3.8) is 0 Å². The van der Waals surface area contributed by atoms with Crippen LogP contribution in [0.3, 0.4) is 0 Å². The molecule has 7 heteroatoms. The second kappa shape index (κ2) is 10.6. The number of nitrogens with one attached hydrogen (secondary N) is 2. The van der Waals surface area contributed by atoms with Crippen molar-refractivity contribution in [2.24, 2.45) is 4.99 Å². The molecule has 2 aromatic carbocycles. The molecule has 0 saturated carbocycles. The minimum Gasteiger partial charge on any atom is -0.489 e. The van der Waals surface area contributed by atoms with Gasteiger partial charge in [0.15, 0.2) is 5.96 Å². The molecule has 0 bridgehead atoms. The summed E-state index contributed by atoms with van der Waals surface area (Å²) in [6, 6.07) is 14.9. The van der Waals surface area contributed by atoms with Gasteiger partial charge in [-0.1, -0.05) is 29.8 Å². The van der Waals surface area contributed by atoms with Crippen molar-refractivity contribution in [1.29, 1.82) is 0 Å². The minimum absolute atomic E-state index is 0.00863. The molecule has 28 heavy (non-hydrogen) atoms. The van der Waals surface area contributed by atoms with Gasteiger partial charge in [0.2, 0.25) is 0 Å². The lowest BCUT2D eigenvalue weighted by Crippen LogP contribution is -2.41. The van der Waals surface area contributed by atoms with Crippen molar-refractivity contribution in [2.75, 3.05) is 27.7 Å².